The van der Waals surface area contributed by atoms with E-state index in [4.69, 9.17) is 21.9 Å². The van der Waals surface area contributed by atoms with E-state index >= 15 is 0 Å². The van der Waals surface area contributed by atoms with Crippen molar-refractivity contribution in [2.45, 2.75) is 20.8 Å². The largest absolute Gasteiger partial charge is 0.316 e. The molecule has 0 spiro atoms. The van der Waals surface area contributed by atoms with E-state index in [-0.39, 0.29) is 0 Å². The van der Waals surface area contributed by atoms with Crippen molar-refractivity contribution in [3.63, 3.8) is 0 Å². The molecule has 5 nitrogen and oxygen atoms in total. The number of benzene rings is 2. The van der Waals surface area contributed by atoms with Gasteiger partial charge in [0.25, 0.3) is 0 Å². The van der Waals surface area contributed by atoms with E-state index in [1.54, 1.807) is 0 Å². The molecule has 7 heteroatoms. The van der Waals surface area contributed by atoms with Crippen LogP contribution in [-0.2, 0) is 11.8 Å². The molecule has 3 aromatic rings. The summed E-state index contributed by atoms with van der Waals surface area (Å²) in [6, 6.07) is 20.5. The van der Waals surface area contributed by atoms with Crippen LogP contribution in [0.5, 0.6) is 0 Å². The fraction of sp³-hybridized carbons (Fsp3) is 0.273. The number of aryl methyl sites for hydroxylation is 1. The molecule has 2 heterocycles. The minimum absolute atomic E-state index is 0.862. The highest BCUT2D eigenvalue weighted by Crippen LogP contribution is 2.57. The Morgan fingerprint density at radius 2 is 1.55 bits per heavy atom. The maximum atomic E-state index is 6.51. The second-order valence-corrected chi connectivity index (χ2v) is 11.2. The lowest BCUT2D eigenvalue weighted by Crippen LogP contribution is -2.41. The Labute approximate surface area is 177 Å². The molecule has 0 saturated carbocycles. The first-order valence-electron chi connectivity index (χ1n) is 9.91. The molecule has 0 unspecified atom stereocenters. The molecule has 0 fully saturated rings. The molecular weight excluding hydrogens is 397 g/mol. The van der Waals surface area contributed by atoms with Crippen LogP contribution in [0.4, 0.5) is 5.82 Å². The van der Waals surface area contributed by atoms with Crippen molar-refractivity contribution in [1.29, 1.82) is 0 Å². The van der Waals surface area contributed by atoms with Crippen molar-refractivity contribution < 1.29 is 0 Å². The maximum Gasteiger partial charge on any atom is 0.169 e. The van der Waals surface area contributed by atoms with Gasteiger partial charge in [-0.15, -0.1) is 0 Å². The number of nitrogens with zero attached hydrogens (tertiary/aromatic N) is 5. The highest BCUT2D eigenvalue weighted by atomic mass is 32.4. The van der Waals surface area contributed by atoms with Crippen LogP contribution in [-0.4, -0.2) is 45.1 Å². The maximum absolute atomic E-state index is 6.51. The molecule has 1 aliphatic heterocycles. The number of rotatable bonds is 5. The van der Waals surface area contributed by atoms with Gasteiger partial charge in [0.15, 0.2) is 5.82 Å². The zero-order valence-electron chi connectivity index (χ0n) is 17.3. The molecule has 2 aromatic carbocycles. The standard InChI is InChI=1S/C22H26N5PS/c1-5-26(6-2)28(29)20-17(3)24-27(19-15-11-8-12-16-19)22(20)23-21(25(28)4)18-13-9-7-10-14-18/h7-16H,5-6H2,1-4H3/t28-/m1/s1. The number of hydrogen-bond donors (Lipinski definition) is 0. The number of para-hydroxylation sites is 1. The van der Waals surface area contributed by atoms with Crippen LogP contribution in [0.1, 0.15) is 25.1 Å². The number of hydrogen-bond acceptors (Lipinski definition) is 3. The van der Waals surface area contributed by atoms with Gasteiger partial charge in [-0.05, 0) is 19.1 Å². The Bertz CT molecular complexity index is 1090. The normalized spacial score (nSPS) is 18.7. The van der Waals surface area contributed by atoms with Crippen LogP contribution < -0.4 is 5.30 Å². The molecule has 1 atom stereocenters. The van der Waals surface area contributed by atoms with Crippen LogP contribution in [0.2, 0.25) is 0 Å². The minimum Gasteiger partial charge on any atom is -0.316 e. The third kappa shape index (κ3) is 3.16. The third-order valence-corrected chi connectivity index (χ3v) is 10.8. The molecule has 1 aliphatic rings. The van der Waals surface area contributed by atoms with Gasteiger partial charge in [0, 0.05) is 25.7 Å². The quantitative estimate of drug-likeness (QED) is 0.567. The summed E-state index contributed by atoms with van der Waals surface area (Å²) < 4.78 is 6.59. The fourth-order valence-corrected chi connectivity index (χ4v) is 8.51. The van der Waals surface area contributed by atoms with Gasteiger partial charge in [-0.1, -0.05) is 74.2 Å². The van der Waals surface area contributed by atoms with Crippen LogP contribution in [0.25, 0.3) is 5.69 Å². The van der Waals surface area contributed by atoms with Gasteiger partial charge in [0.05, 0.1) is 16.7 Å². The molecular formula is C22H26N5PS. The summed E-state index contributed by atoms with van der Waals surface area (Å²) in [5.41, 5.74) is 3.03. The van der Waals surface area contributed by atoms with Gasteiger partial charge in [0.2, 0.25) is 0 Å². The summed E-state index contributed by atoms with van der Waals surface area (Å²) in [4.78, 5) is 5.12. The van der Waals surface area contributed by atoms with E-state index in [1.807, 2.05) is 41.1 Å². The van der Waals surface area contributed by atoms with Crippen molar-refractivity contribution in [3.05, 3.63) is 71.9 Å². The summed E-state index contributed by atoms with van der Waals surface area (Å²) in [6.45, 7) is 8.18. The van der Waals surface area contributed by atoms with Crippen molar-refractivity contribution in [1.82, 2.24) is 19.1 Å². The summed E-state index contributed by atoms with van der Waals surface area (Å²) in [6.07, 6.45) is -2.28. The number of aromatic nitrogens is 2. The van der Waals surface area contributed by atoms with Gasteiger partial charge < -0.3 is 4.67 Å². The average Bonchev–Trinajstić information content (AvgIpc) is 3.10. The first kappa shape index (κ1) is 20.0. The molecule has 1 aromatic heterocycles. The van der Waals surface area contributed by atoms with E-state index < -0.39 is 6.34 Å². The molecule has 4 rings (SSSR count). The number of amidine groups is 1. The van der Waals surface area contributed by atoms with Crippen molar-refractivity contribution in [3.8, 4) is 5.69 Å². The van der Waals surface area contributed by atoms with E-state index in [2.05, 4.69) is 61.4 Å². The number of fused-ring (bicyclic) bond motifs is 1. The van der Waals surface area contributed by atoms with Gasteiger partial charge in [0.1, 0.15) is 12.2 Å². The first-order chi connectivity index (χ1) is 14.0. The smallest absolute Gasteiger partial charge is 0.169 e. The predicted octanol–water partition coefficient (Wildman–Crippen LogP) is 4.48. The van der Waals surface area contributed by atoms with Gasteiger partial charge in [-0.2, -0.15) is 5.10 Å². The number of aliphatic imine (C=N–C) groups is 1. The van der Waals surface area contributed by atoms with Crippen molar-refractivity contribution in [2.75, 3.05) is 20.1 Å². The molecule has 29 heavy (non-hydrogen) atoms. The lowest BCUT2D eigenvalue weighted by atomic mass is 10.2. The van der Waals surface area contributed by atoms with Crippen molar-refractivity contribution >= 4 is 35.1 Å². The Morgan fingerprint density at radius 1 is 0.966 bits per heavy atom. The lowest BCUT2D eigenvalue weighted by molar-refractivity contribution is 0.487. The summed E-state index contributed by atoms with van der Waals surface area (Å²) in [5.74, 6) is 1.77. The summed E-state index contributed by atoms with van der Waals surface area (Å²) in [5, 5.41) is 5.99. The molecule has 0 aliphatic carbocycles. The first-order valence-corrected chi connectivity index (χ1v) is 12.6. The van der Waals surface area contributed by atoms with Crippen LogP contribution in [0.15, 0.2) is 65.7 Å². The monoisotopic (exact) mass is 423 g/mol. The second kappa shape index (κ2) is 7.86. The van der Waals surface area contributed by atoms with Crippen molar-refractivity contribution in [2.24, 2.45) is 4.99 Å². The predicted molar refractivity (Wildman–Crippen MR) is 126 cm³/mol. The van der Waals surface area contributed by atoms with Gasteiger partial charge in [-0.25, -0.2) is 9.67 Å². The molecule has 0 amide bonds. The van der Waals surface area contributed by atoms with Crippen LogP contribution in [0.3, 0.4) is 0 Å². The highest BCUT2D eigenvalue weighted by molar-refractivity contribution is 8.16. The zero-order chi connectivity index (χ0) is 20.6. The molecule has 0 bridgehead atoms. The average molecular weight is 424 g/mol. The lowest BCUT2D eigenvalue weighted by Gasteiger charge is -2.43. The summed E-state index contributed by atoms with van der Waals surface area (Å²) in [7, 11) is 2.09. The fourth-order valence-electron chi connectivity index (χ4n) is 3.93. The second-order valence-electron chi connectivity index (χ2n) is 7.01. The molecule has 0 N–H and O–H groups in total. The summed E-state index contributed by atoms with van der Waals surface area (Å²) >= 11 is 6.51. The van der Waals surface area contributed by atoms with Gasteiger partial charge in [-0.3, -0.25) is 4.67 Å². The Kier molecular flexibility index (Phi) is 5.43. The third-order valence-electron chi connectivity index (χ3n) is 5.37. The zero-order valence-corrected chi connectivity index (χ0v) is 19.0. The van der Waals surface area contributed by atoms with E-state index in [0.29, 0.717) is 0 Å². The molecule has 0 radical (unpaired) electrons. The Hall–Kier alpha value is -2.27. The highest BCUT2D eigenvalue weighted by Gasteiger charge is 2.42. The molecule has 0 saturated heterocycles. The Morgan fingerprint density at radius 3 is 2.14 bits per heavy atom. The SMILES string of the molecule is CCN(CC)[P@@]1(=S)c2c(C)nn(-c3ccccc3)c2N=C(c2ccccc2)N1C. The van der Waals surface area contributed by atoms with Crippen LogP contribution in [0, 0.1) is 6.92 Å². The van der Waals surface area contributed by atoms with E-state index in [9.17, 15) is 0 Å². The van der Waals surface area contributed by atoms with Gasteiger partial charge >= 0.3 is 0 Å². The van der Waals surface area contributed by atoms with Crippen LogP contribution >= 0.6 is 6.34 Å². The van der Waals surface area contributed by atoms with E-state index in [0.717, 1.165) is 47.0 Å². The molecule has 150 valence electrons. The minimum atomic E-state index is -2.28. The topological polar surface area (TPSA) is 36.7 Å². The van der Waals surface area contributed by atoms with E-state index in [1.165, 1.54) is 0 Å². The Balaban J connectivity index is 2.04.